The molecule has 0 saturated carbocycles. The summed E-state index contributed by atoms with van der Waals surface area (Å²) in [5.41, 5.74) is 9.37. The third-order valence-electron chi connectivity index (χ3n) is 3.86. The van der Waals surface area contributed by atoms with E-state index in [0.717, 1.165) is 16.8 Å². The molecule has 0 aliphatic rings. The zero-order valence-corrected chi connectivity index (χ0v) is 13.6. The minimum Gasteiger partial charge on any atom is -0.381 e. The third kappa shape index (κ3) is 2.88. The van der Waals surface area contributed by atoms with Gasteiger partial charge in [0.2, 0.25) is 0 Å². The first-order valence-corrected chi connectivity index (χ1v) is 7.65. The average molecular weight is 335 g/mol. The van der Waals surface area contributed by atoms with Crippen LogP contribution >= 0.6 is 0 Å². The summed E-state index contributed by atoms with van der Waals surface area (Å²) >= 11 is 0. The Labute approximate surface area is 143 Å². The highest BCUT2D eigenvalue weighted by atomic mass is 15.4. The molecule has 0 bridgehead atoms. The van der Waals surface area contributed by atoms with Crippen molar-refractivity contribution in [2.45, 2.75) is 6.54 Å². The number of fused-ring (bicyclic) bond motifs is 1. The highest BCUT2D eigenvalue weighted by Gasteiger charge is 2.13. The van der Waals surface area contributed by atoms with Crippen molar-refractivity contribution in [3.63, 3.8) is 0 Å². The molecule has 4 rings (SSSR count). The first-order valence-electron chi connectivity index (χ1n) is 7.65. The molecule has 0 fully saturated rings. The van der Waals surface area contributed by atoms with Gasteiger partial charge in [-0.3, -0.25) is 9.69 Å². The summed E-state index contributed by atoms with van der Waals surface area (Å²) in [6.45, 7) is 0.434. The lowest BCUT2D eigenvalue weighted by Gasteiger charge is -2.19. The van der Waals surface area contributed by atoms with E-state index in [1.165, 1.54) is 5.01 Å². The summed E-state index contributed by atoms with van der Waals surface area (Å²) in [6.07, 6.45) is 10.8. The van der Waals surface area contributed by atoms with Gasteiger partial charge in [0.25, 0.3) is 0 Å². The van der Waals surface area contributed by atoms with Gasteiger partial charge in [-0.2, -0.15) is 5.10 Å². The van der Waals surface area contributed by atoms with Crippen molar-refractivity contribution in [3.8, 4) is 11.3 Å². The number of hydrogen-bond acceptors (Lipinski definition) is 7. The highest BCUT2D eigenvalue weighted by Crippen LogP contribution is 2.23. The van der Waals surface area contributed by atoms with Crippen molar-refractivity contribution in [1.82, 2.24) is 29.1 Å². The van der Waals surface area contributed by atoms with E-state index in [4.69, 9.17) is 11.6 Å². The fourth-order valence-corrected chi connectivity index (χ4v) is 2.62. The quantitative estimate of drug-likeness (QED) is 0.422. The Balaban J connectivity index is 1.63. The molecule has 0 aliphatic heterocycles. The zero-order chi connectivity index (χ0) is 17.4. The van der Waals surface area contributed by atoms with E-state index < -0.39 is 0 Å². The van der Waals surface area contributed by atoms with Gasteiger partial charge in [0.1, 0.15) is 5.65 Å². The van der Waals surface area contributed by atoms with Crippen LogP contribution < -0.4 is 16.6 Å². The van der Waals surface area contributed by atoms with Crippen LogP contribution in [-0.2, 0) is 13.6 Å². The lowest BCUT2D eigenvalue weighted by Crippen LogP contribution is -2.32. The van der Waals surface area contributed by atoms with Crippen molar-refractivity contribution < 1.29 is 0 Å². The van der Waals surface area contributed by atoms with E-state index in [1.54, 1.807) is 23.3 Å². The van der Waals surface area contributed by atoms with E-state index in [-0.39, 0.29) is 5.82 Å². The predicted octanol–water partition coefficient (Wildman–Crippen LogP) is 0.987. The van der Waals surface area contributed by atoms with Gasteiger partial charge in [-0.25, -0.2) is 20.8 Å². The first kappa shape index (κ1) is 15.1. The van der Waals surface area contributed by atoms with E-state index in [9.17, 15) is 0 Å². The van der Waals surface area contributed by atoms with Crippen LogP contribution in [-0.4, -0.2) is 29.1 Å². The molecule has 4 N–H and O–H groups in total. The molecular weight excluding hydrogens is 318 g/mol. The molecule has 9 heteroatoms. The molecule has 0 atom stereocenters. The molecule has 126 valence electrons. The Bertz CT molecular complexity index is 1030. The summed E-state index contributed by atoms with van der Waals surface area (Å²) in [5, 5.41) is 5.63. The smallest absolute Gasteiger partial charge is 0.186 e. The van der Waals surface area contributed by atoms with Gasteiger partial charge in [-0.05, 0) is 11.6 Å². The summed E-state index contributed by atoms with van der Waals surface area (Å²) in [4.78, 5) is 13.0. The van der Waals surface area contributed by atoms with E-state index in [1.807, 2.05) is 42.2 Å². The molecule has 4 heterocycles. The average Bonchev–Trinajstić information content (AvgIpc) is 3.23. The van der Waals surface area contributed by atoms with Crippen LogP contribution in [0.3, 0.4) is 0 Å². The van der Waals surface area contributed by atoms with Crippen LogP contribution in [0.15, 0.2) is 49.3 Å². The standard InChI is InChI=1S/C16H17N9/c1-23-10-12(6-21-23)13-7-20-15(17)16(22-13)25(18)9-11-2-3-14-19-4-5-24(14)8-11/h2-8,10H,9,18H2,1H3,(H2,17,20). The normalized spacial score (nSPS) is 11.1. The number of aryl methyl sites for hydroxylation is 1. The Kier molecular flexibility index (Phi) is 3.55. The predicted molar refractivity (Wildman–Crippen MR) is 94.2 cm³/mol. The number of anilines is 2. The number of nitrogens with two attached hydrogens (primary N) is 2. The number of nitrogens with zero attached hydrogens (tertiary/aromatic N) is 7. The van der Waals surface area contributed by atoms with Crippen molar-refractivity contribution in [3.05, 3.63) is 54.9 Å². The second-order valence-corrected chi connectivity index (χ2v) is 5.72. The topological polar surface area (TPSA) is 116 Å². The van der Waals surface area contributed by atoms with Gasteiger partial charge in [0.05, 0.1) is 24.6 Å². The minimum atomic E-state index is 0.277. The molecule has 0 aromatic carbocycles. The Morgan fingerprint density at radius 2 is 2.04 bits per heavy atom. The Morgan fingerprint density at radius 3 is 2.84 bits per heavy atom. The molecule has 0 aliphatic carbocycles. The molecule has 25 heavy (non-hydrogen) atoms. The third-order valence-corrected chi connectivity index (χ3v) is 3.86. The fourth-order valence-electron chi connectivity index (χ4n) is 2.62. The maximum atomic E-state index is 6.20. The number of imidazole rings is 1. The van der Waals surface area contributed by atoms with Crippen LogP contribution in [0.2, 0.25) is 0 Å². The van der Waals surface area contributed by atoms with Crippen LogP contribution in [0.5, 0.6) is 0 Å². The van der Waals surface area contributed by atoms with Crippen molar-refractivity contribution in [2.24, 2.45) is 12.9 Å². The minimum absolute atomic E-state index is 0.277. The molecule has 0 spiro atoms. The van der Waals surface area contributed by atoms with Gasteiger partial charge in [-0.1, -0.05) is 6.07 Å². The van der Waals surface area contributed by atoms with Crippen LogP contribution in [0.4, 0.5) is 11.6 Å². The summed E-state index contributed by atoms with van der Waals surface area (Å²) in [5.74, 6) is 6.90. The van der Waals surface area contributed by atoms with Gasteiger partial charge in [0, 0.05) is 37.4 Å². The Morgan fingerprint density at radius 1 is 1.16 bits per heavy atom. The Hall–Kier alpha value is -3.46. The maximum absolute atomic E-state index is 6.20. The maximum Gasteiger partial charge on any atom is 0.186 e. The highest BCUT2D eigenvalue weighted by molar-refractivity contribution is 5.65. The molecule has 0 unspecified atom stereocenters. The molecular formula is C16H17N9. The van der Waals surface area contributed by atoms with Gasteiger partial charge in [-0.15, -0.1) is 0 Å². The van der Waals surface area contributed by atoms with Crippen molar-refractivity contribution in [2.75, 3.05) is 10.7 Å². The van der Waals surface area contributed by atoms with Crippen molar-refractivity contribution in [1.29, 1.82) is 0 Å². The number of rotatable bonds is 4. The number of nitrogen functional groups attached to an aromatic ring is 1. The molecule has 0 radical (unpaired) electrons. The first-order chi connectivity index (χ1) is 12.1. The monoisotopic (exact) mass is 335 g/mol. The fraction of sp³-hybridized carbons (Fsp3) is 0.125. The number of pyridine rings is 1. The lowest BCUT2D eigenvalue weighted by atomic mass is 10.2. The van der Waals surface area contributed by atoms with E-state index >= 15 is 0 Å². The van der Waals surface area contributed by atoms with E-state index in [0.29, 0.717) is 18.1 Å². The summed E-state index contributed by atoms with van der Waals surface area (Å²) < 4.78 is 3.64. The van der Waals surface area contributed by atoms with Crippen LogP contribution in [0, 0.1) is 0 Å². The van der Waals surface area contributed by atoms with Gasteiger partial charge in [0.15, 0.2) is 11.6 Å². The van der Waals surface area contributed by atoms with Crippen LogP contribution in [0.1, 0.15) is 5.56 Å². The number of hydrogen-bond donors (Lipinski definition) is 2. The molecule has 0 amide bonds. The van der Waals surface area contributed by atoms with Crippen LogP contribution in [0.25, 0.3) is 16.9 Å². The second-order valence-electron chi connectivity index (χ2n) is 5.72. The zero-order valence-electron chi connectivity index (χ0n) is 13.6. The SMILES string of the molecule is Cn1cc(-c2cnc(N)c(N(N)Cc3ccc4nccn4c3)n2)cn1. The number of aromatic nitrogens is 6. The molecule has 9 nitrogen and oxygen atoms in total. The summed E-state index contributed by atoms with van der Waals surface area (Å²) in [7, 11) is 1.84. The van der Waals surface area contributed by atoms with E-state index in [2.05, 4.69) is 20.1 Å². The number of hydrazine groups is 1. The molecule has 4 aromatic heterocycles. The molecule has 0 saturated heterocycles. The van der Waals surface area contributed by atoms with Gasteiger partial charge >= 0.3 is 0 Å². The largest absolute Gasteiger partial charge is 0.381 e. The van der Waals surface area contributed by atoms with Crippen molar-refractivity contribution >= 4 is 17.3 Å². The lowest BCUT2D eigenvalue weighted by molar-refractivity contribution is 0.768. The van der Waals surface area contributed by atoms with Gasteiger partial charge < -0.3 is 10.1 Å². The summed E-state index contributed by atoms with van der Waals surface area (Å²) in [6, 6.07) is 3.90. The molecule has 4 aromatic rings. The second kappa shape index (κ2) is 5.87.